The van der Waals surface area contributed by atoms with Gasteiger partial charge in [0.1, 0.15) is 0 Å². The van der Waals surface area contributed by atoms with Crippen LogP contribution in [0.2, 0.25) is 0 Å². The molecule has 0 saturated carbocycles. The van der Waals surface area contributed by atoms with Crippen molar-refractivity contribution >= 4 is 0 Å². The predicted octanol–water partition coefficient (Wildman–Crippen LogP) is 4.88. The molecule has 1 atom stereocenters. The molecule has 2 aliphatic rings. The van der Waals surface area contributed by atoms with Gasteiger partial charge in [0.25, 0.3) is 0 Å². The highest BCUT2D eigenvalue weighted by atomic mass is 15.1. The summed E-state index contributed by atoms with van der Waals surface area (Å²) < 4.78 is 0. The minimum atomic E-state index is 0.249. The Morgan fingerprint density at radius 2 is 1.81 bits per heavy atom. The molecule has 1 aromatic rings. The van der Waals surface area contributed by atoms with E-state index in [9.17, 15) is 0 Å². The molecular formula is C20H31N. The van der Waals surface area contributed by atoms with Gasteiger partial charge < -0.3 is 4.90 Å². The largest absolute Gasteiger partial charge is 0.302 e. The van der Waals surface area contributed by atoms with Crippen molar-refractivity contribution in [3.8, 4) is 0 Å². The van der Waals surface area contributed by atoms with Crippen LogP contribution in [-0.2, 0) is 18.4 Å². The summed E-state index contributed by atoms with van der Waals surface area (Å²) in [6.07, 6.45) is 4.01. The van der Waals surface area contributed by atoms with Crippen LogP contribution < -0.4 is 0 Å². The van der Waals surface area contributed by atoms with E-state index in [1.165, 1.54) is 31.4 Å². The lowest BCUT2D eigenvalue weighted by Gasteiger charge is -2.39. The molecule has 0 fully saturated rings. The minimum Gasteiger partial charge on any atom is -0.302 e. The Morgan fingerprint density at radius 3 is 2.48 bits per heavy atom. The molecule has 0 saturated heterocycles. The Labute approximate surface area is 130 Å². The van der Waals surface area contributed by atoms with Gasteiger partial charge in [0.15, 0.2) is 0 Å². The third-order valence-corrected chi connectivity index (χ3v) is 5.57. The Kier molecular flexibility index (Phi) is 3.48. The van der Waals surface area contributed by atoms with Gasteiger partial charge in [0.05, 0.1) is 0 Å². The summed E-state index contributed by atoms with van der Waals surface area (Å²) in [5.41, 5.74) is 7.12. The molecule has 1 unspecified atom stereocenters. The van der Waals surface area contributed by atoms with E-state index in [1.54, 1.807) is 16.7 Å². The Bertz CT molecular complexity index is 548. The van der Waals surface area contributed by atoms with Crippen molar-refractivity contribution in [1.82, 2.24) is 4.90 Å². The van der Waals surface area contributed by atoms with E-state index in [0.717, 1.165) is 12.5 Å². The molecule has 0 radical (unpaired) electrons. The van der Waals surface area contributed by atoms with Gasteiger partial charge in [-0.3, -0.25) is 0 Å². The van der Waals surface area contributed by atoms with E-state index in [4.69, 9.17) is 0 Å². The van der Waals surface area contributed by atoms with Crippen molar-refractivity contribution in [3.05, 3.63) is 34.4 Å². The third-order valence-electron chi connectivity index (χ3n) is 5.57. The second kappa shape index (κ2) is 4.84. The molecule has 116 valence electrons. The van der Waals surface area contributed by atoms with Crippen LogP contribution in [0.5, 0.6) is 0 Å². The predicted molar refractivity (Wildman–Crippen MR) is 90.9 cm³/mol. The van der Waals surface area contributed by atoms with Gasteiger partial charge in [-0.05, 0) is 65.3 Å². The summed E-state index contributed by atoms with van der Waals surface area (Å²) in [4.78, 5) is 2.53. The fraction of sp³-hybridized carbons (Fsp3) is 0.700. The highest BCUT2D eigenvalue weighted by Gasteiger charge is 2.39. The maximum absolute atomic E-state index is 2.53. The summed E-state index contributed by atoms with van der Waals surface area (Å²) in [6, 6.07) is 5.03. The number of nitrogens with zero attached hydrogens (tertiary/aromatic N) is 1. The van der Waals surface area contributed by atoms with Crippen LogP contribution >= 0.6 is 0 Å². The highest BCUT2D eigenvalue weighted by Crippen LogP contribution is 2.48. The van der Waals surface area contributed by atoms with Crippen molar-refractivity contribution in [2.24, 2.45) is 5.41 Å². The van der Waals surface area contributed by atoms with E-state index < -0.39 is 0 Å². The Balaban J connectivity index is 2.20. The normalized spacial score (nSPS) is 25.3. The van der Waals surface area contributed by atoms with Gasteiger partial charge in [0.2, 0.25) is 0 Å². The average Bonchev–Trinajstić information content (AvgIpc) is 2.44. The molecule has 1 aromatic carbocycles. The Hall–Kier alpha value is -0.820. The van der Waals surface area contributed by atoms with Gasteiger partial charge in [0, 0.05) is 13.1 Å². The molecule has 1 nitrogen and oxygen atoms in total. The van der Waals surface area contributed by atoms with Crippen molar-refractivity contribution < 1.29 is 0 Å². The zero-order valence-electron chi connectivity index (χ0n) is 14.7. The first-order chi connectivity index (χ1) is 9.68. The van der Waals surface area contributed by atoms with Crippen LogP contribution in [-0.4, -0.2) is 18.5 Å². The first-order valence-corrected chi connectivity index (χ1v) is 8.53. The molecule has 1 heteroatoms. The lowest BCUT2D eigenvalue weighted by atomic mass is 9.67. The molecular weight excluding hydrogens is 254 g/mol. The third kappa shape index (κ3) is 2.65. The van der Waals surface area contributed by atoms with Crippen LogP contribution in [0.25, 0.3) is 0 Å². The van der Waals surface area contributed by atoms with Gasteiger partial charge in [-0.1, -0.05) is 46.8 Å². The molecule has 1 heterocycles. The number of rotatable bonds is 0. The average molecular weight is 285 g/mol. The van der Waals surface area contributed by atoms with Crippen molar-refractivity contribution in [1.29, 1.82) is 0 Å². The molecule has 1 aliphatic carbocycles. The van der Waals surface area contributed by atoms with Crippen LogP contribution in [0, 0.1) is 5.41 Å². The lowest BCUT2D eigenvalue weighted by molar-refractivity contribution is 0.175. The maximum Gasteiger partial charge on any atom is 0.0233 e. The first kappa shape index (κ1) is 15.1. The molecule has 3 rings (SSSR count). The summed E-state index contributed by atoms with van der Waals surface area (Å²) in [5, 5.41) is 0. The highest BCUT2D eigenvalue weighted by molar-refractivity contribution is 5.46. The first-order valence-electron chi connectivity index (χ1n) is 8.53. The molecule has 21 heavy (non-hydrogen) atoms. The standard InChI is InChI=1S/C20H31N/c1-19(2,3)16-10-14-8-7-9-17-18(14)15(11-16)12-21(6)13-20(17,4)5/h10-11,17H,7-9,12-13H2,1-6H3. The quantitative estimate of drug-likeness (QED) is 0.657. The SMILES string of the molecule is CN1Cc2cc(C(C)(C)C)cc3c2C(CCC3)C(C)(C)C1. The van der Waals surface area contributed by atoms with E-state index in [0.29, 0.717) is 5.41 Å². The van der Waals surface area contributed by atoms with Crippen molar-refractivity contribution in [3.63, 3.8) is 0 Å². The molecule has 0 aromatic heterocycles. The van der Waals surface area contributed by atoms with Crippen LogP contribution in [0.4, 0.5) is 0 Å². The van der Waals surface area contributed by atoms with Gasteiger partial charge in [-0.15, -0.1) is 0 Å². The molecule has 0 N–H and O–H groups in total. The molecule has 1 aliphatic heterocycles. The van der Waals surface area contributed by atoms with Gasteiger partial charge in [-0.25, -0.2) is 0 Å². The fourth-order valence-electron chi connectivity index (χ4n) is 4.57. The summed E-state index contributed by atoms with van der Waals surface area (Å²) in [6.45, 7) is 14.3. The maximum atomic E-state index is 2.53. The van der Waals surface area contributed by atoms with E-state index in [1.807, 2.05) is 0 Å². The number of benzene rings is 1. The van der Waals surface area contributed by atoms with E-state index in [2.05, 4.69) is 58.7 Å². The fourth-order valence-corrected chi connectivity index (χ4v) is 4.57. The van der Waals surface area contributed by atoms with E-state index in [-0.39, 0.29) is 5.41 Å². The van der Waals surface area contributed by atoms with Crippen LogP contribution in [0.3, 0.4) is 0 Å². The second-order valence-electron chi connectivity index (χ2n) is 9.06. The summed E-state index contributed by atoms with van der Waals surface area (Å²) >= 11 is 0. The van der Waals surface area contributed by atoms with E-state index >= 15 is 0 Å². The molecule has 0 bridgehead atoms. The van der Waals surface area contributed by atoms with Crippen molar-refractivity contribution in [2.75, 3.05) is 13.6 Å². The van der Waals surface area contributed by atoms with Gasteiger partial charge >= 0.3 is 0 Å². The smallest absolute Gasteiger partial charge is 0.0233 e. The monoisotopic (exact) mass is 285 g/mol. The van der Waals surface area contributed by atoms with Gasteiger partial charge in [-0.2, -0.15) is 0 Å². The minimum absolute atomic E-state index is 0.249. The molecule has 0 amide bonds. The van der Waals surface area contributed by atoms with Crippen LogP contribution in [0.1, 0.15) is 75.6 Å². The zero-order chi connectivity index (χ0) is 15.4. The second-order valence-corrected chi connectivity index (χ2v) is 9.06. The number of hydrogen-bond donors (Lipinski definition) is 0. The Morgan fingerprint density at radius 1 is 1.14 bits per heavy atom. The molecule has 0 spiro atoms. The summed E-state index contributed by atoms with van der Waals surface area (Å²) in [5.74, 6) is 0.746. The lowest BCUT2D eigenvalue weighted by Crippen LogP contribution is -2.33. The van der Waals surface area contributed by atoms with Crippen molar-refractivity contribution in [2.45, 2.75) is 71.8 Å². The summed E-state index contributed by atoms with van der Waals surface area (Å²) in [7, 11) is 2.29. The topological polar surface area (TPSA) is 3.24 Å². The van der Waals surface area contributed by atoms with Crippen LogP contribution in [0.15, 0.2) is 12.1 Å². The number of aryl methyl sites for hydroxylation is 1. The number of hydrogen-bond acceptors (Lipinski definition) is 1. The zero-order valence-corrected chi connectivity index (χ0v) is 14.7.